The normalized spacial score (nSPS) is 10.0. The number of rotatable bonds is 4. The van der Waals surface area contributed by atoms with Crippen LogP contribution in [0, 0.1) is 6.92 Å². The second-order valence-electron chi connectivity index (χ2n) is 4.32. The van der Waals surface area contributed by atoms with Gasteiger partial charge in [0.15, 0.2) is 6.61 Å². The van der Waals surface area contributed by atoms with Crippen LogP contribution in [0.25, 0.3) is 0 Å². The molecule has 1 N–H and O–H groups in total. The highest BCUT2D eigenvalue weighted by Crippen LogP contribution is 2.14. The second kappa shape index (κ2) is 6.85. The molecule has 0 atom stereocenters. The number of nitrogens with zero attached hydrogens (tertiary/aromatic N) is 1. The van der Waals surface area contributed by atoms with Crippen LogP contribution in [0.5, 0.6) is 0 Å². The summed E-state index contributed by atoms with van der Waals surface area (Å²) in [6.07, 6.45) is 1.41. The number of aromatic nitrogens is 1. The van der Waals surface area contributed by atoms with Crippen LogP contribution in [-0.2, 0) is 9.53 Å². The van der Waals surface area contributed by atoms with Gasteiger partial charge in [-0.25, -0.2) is 4.79 Å². The first-order valence-corrected chi connectivity index (χ1v) is 6.57. The van der Waals surface area contributed by atoms with Gasteiger partial charge in [0, 0.05) is 22.6 Å². The van der Waals surface area contributed by atoms with Crippen molar-refractivity contribution >= 4 is 29.2 Å². The van der Waals surface area contributed by atoms with Crippen LogP contribution in [0.15, 0.2) is 42.6 Å². The summed E-state index contributed by atoms with van der Waals surface area (Å²) in [4.78, 5) is 27.4. The van der Waals surface area contributed by atoms with Crippen molar-refractivity contribution in [2.75, 3.05) is 11.9 Å². The lowest BCUT2D eigenvalue weighted by Crippen LogP contribution is -2.21. The standard InChI is InChI=1S/C15H13ClN2O3/c1-10-5-6-11(8-17-10)15(20)21-9-14(19)18-13-4-2-3-12(16)7-13/h2-8H,9H2,1H3,(H,18,19). The summed E-state index contributed by atoms with van der Waals surface area (Å²) in [5, 5.41) is 3.09. The van der Waals surface area contributed by atoms with Gasteiger partial charge in [-0.05, 0) is 37.3 Å². The molecule has 0 unspecified atom stereocenters. The van der Waals surface area contributed by atoms with Gasteiger partial charge >= 0.3 is 5.97 Å². The Balaban J connectivity index is 1.86. The van der Waals surface area contributed by atoms with Crippen molar-refractivity contribution in [2.45, 2.75) is 6.92 Å². The second-order valence-corrected chi connectivity index (χ2v) is 4.76. The number of pyridine rings is 1. The number of esters is 1. The molecule has 0 spiro atoms. The number of nitrogens with one attached hydrogen (secondary N) is 1. The molecule has 0 bridgehead atoms. The van der Waals surface area contributed by atoms with Gasteiger partial charge in [-0.1, -0.05) is 17.7 Å². The molecule has 1 heterocycles. The molecule has 1 aromatic heterocycles. The number of hydrogen-bond donors (Lipinski definition) is 1. The molecule has 2 aromatic rings. The predicted octanol–water partition coefficient (Wildman–Crippen LogP) is 2.84. The van der Waals surface area contributed by atoms with Crippen LogP contribution < -0.4 is 5.32 Å². The summed E-state index contributed by atoms with van der Waals surface area (Å²) >= 11 is 5.80. The molecule has 1 aromatic carbocycles. The summed E-state index contributed by atoms with van der Waals surface area (Å²) in [7, 11) is 0. The predicted molar refractivity (Wildman–Crippen MR) is 79.3 cm³/mol. The summed E-state index contributed by atoms with van der Waals surface area (Å²) in [6.45, 7) is 1.44. The fourth-order valence-corrected chi connectivity index (χ4v) is 1.76. The summed E-state index contributed by atoms with van der Waals surface area (Å²) < 4.78 is 4.91. The van der Waals surface area contributed by atoms with Crippen molar-refractivity contribution in [1.82, 2.24) is 4.98 Å². The van der Waals surface area contributed by atoms with E-state index in [0.29, 0.717) is 16.3 Å². The Kier molecular flexibility index (Phi) is 4.90. The monoisotopic (exact) mass is 304 g/mol. The van der Waals surface area contributed by atoms with Gasteiger partial charge in [0.2, 0.25) is 0 Å². The van der Waals surface area contributed by atoms with E-state index in [1.165, 1.54) is 6.20 Å². The molecule has 1 amide bonds. The van der Waals surface area contributed by atoms with Crippen LogP contribution in [0.3, 0.4) is 0 Å². The zero-order valence-electron chi connectivity index (χ0n) is 11.3. The minimum Gasteiger partial charge on any atom is -0.452 e. The SMILES string of the molecule is Cc1ccc(C(=O)OCC(=O)Nc2cccc(Cl)c2)cn1. The third kappa shape index (κ3) is 4.57. The Morgan fingerprint density at radius 2 is 2.10 bits per heavy atom. The quantitative estimate of drug-likeness (QED) is 0.882. The molecule has 0 aliphatic heterocycles. The van der Waals surface area contributed by atoms with Crippen molar-refractivity contribution in [3.05, 3.63) is 58.9 Å². The van der Waals surface area contributed by atoms with E-state index >= 15 is 0 Å². The minimum atomic E-state index is -0.594. The zero-order chi connectivity index (χ0) is 15.2. The fraction of sp³-hybridized carbons (Fsp3) is 0.133. The molecule has 108 valence electrons. The maximum atomic E-state index is 11.7. The first kappa shape index (κ1) is 15.0. The number of amides is 1. The van der Waals surface area contributed by atoms with E-state index in [-0.39, 0.29) is 6.61 Å². The first-order valence-electron chi connectivity index (χ1n) is 6.20. The Bertz CT molecular complexity index is 656. The van der Waals surface area contributed by atoms with E-state index in [0.717, 1.165) is 5.69 Å². The van der Waals surface area contributed by atoms with E-state index in [2.05, 4.69) is 10.3 Å². The van der Waals surface area contributed by atoms with Gasteiger partial charge in [-0.15, -0.1) is 0 Å². The van der Waals surface area contributed by atoms with Crippen LogP contribution in [-0.4, -0.2) is 23.5 Å². The fourth-order valence-electron chi connectivity index (χ4n) is 1.57. The van der Waals surface area contributed by atoms with Gasteiger partial charge in [0.05, 0.1) is 5.56 Å². The molecule has 0 radical (unpaired) electrons. The molecular weight excluding hydrogens is 292 g/mol. The summed E-state index contributed by atoms with van der Waals surface area (Å²) in [5.41, 5.74) is 1.64. The molecule has 0 aliphatic rings. The van der Waals surface area contributed by atoms with E-state index in [9.17, 15) is 9.59 Å². The number of anilines is 1. The van der Waals surface area contributed by atoms with Crippen molar-refractivity contribution in [2.24, 2.45) is 0 Å². The van der Waals surface area contributed by atoms with Crippen LogP contribution in [0.4, 0.5) is 5.69 Å². The minimum absolute atomic E-state index is 0.302. The van der Waals surface area contributed by atoms with Crippen molar-refractivity contribution < 1.29 is 14.3 Å². The van der Waals surface area contributed by atoms with Gasteiger partial charge < -0.3 is 10.1 Å². The van der Waals surface area contributed by atoms with Crippen LogP contribution >= 0.6 is 11.6 Å². The maximum absolute atomic E-state index is 11.7. The molecule has 21 heavy (non-hydrogen) atoms. The third-order valence-electron chi connectivity index (χ3n) is 2.59. The van der Waals surface area contributed by atoms with Gasteiger partial charge in [0.1, 0.15) is 0 Å². The molecule has 0 aliphatic carbocycles. The lowest BCUT2D eigenvalue weighted by Gasteiger charge is -2.07. The Hall–Kier alpha value is -2.40. The molecule has 5 nitrogen and oxygen atoms in total. The van der Waals surface area contributed by atoms with Crippen molar-refractivity contribution in [1.29, 1.82) is 0 Å². The first-order chi connectivity index (χ1) is 10.0. The Morgan fingerprint density at radius 1 is 1.29 bits per heavy atom. The highest BCUT2D eigenvalue weighted by molar-refractivity contribution is 6.30. The topological polar surface area (TPSA) is 68.3 Å². The van der Waals surface area contributed by atoms with E-state index < -0.39 is 11.9 Å². The number of carbonyl (C=O) groups excluding carboxylic acids is 2. The number of carbonyl (C=O) groups is 2. The lowest BCUT2D eigenvalue weighted by atomic mass is 10.2. The third-order valence-corrected chi connectivity index (χ3v) is 2.82. The van der Waals surface area contributed by atoms with E-state index in [4.69, 9.17) is 16.3 Å². The number of benzene rings is 1. The van der Waals surface area contributed by atoms with E-state index in [1.54, 1.807) is 36.4 Å². The Labute approximate surface area is 126 Å². The lowest BCUT2D eigenvalue weighted by molar-refractivity contribution is -0.119. The number of aryl methyl sites for hydroxylation is 1. The number of hydrogen-bond acceptors (Lipinski definition) is 4. The summed E-state index contributed by atoms with van der Waals surface area (Å²) in [5.74, 6) is -1.03. The maximum Gasteiger partial charge on any atom is 0.340 e. The largest absolute Gasteiger partial charge is 0.452 e. The molecule has 0 saturated carbocycles. The van der Waals surface area contributed by atoms with Gasteiger partial charge in [-0.2, -0.15) is 0 Å². The number of ether oxygens (including phenoxy) is 1. The number of halogens is 1. The Morgan fingerprint density at radius 3 is 2.76 bits per heavy atom. The molecule has 2 rings (SSSR count). The molecule has 6 heteroatoms. The molecule has 0 fully saturated rings. The smallest absolute Gasteiger partial charge is 0.340 e. The van der Waals surface area contributed by atoms with Crippen LogP contribution in [0.2, 0.25) is 5.02 Å². The zero-order valence-corrected chi connectivity index (χ0v) is 12.1. The van der Waals surface area contributed by atoms with Crippen LogP contribution in [0.1, 0.15) is 16.1 Å². The van der Waals surface area contributed by atoms with Crippen molar-refractivity contribution in [3.63, 3.8) is 0 Å². The molecule has 0 saturated heterocycles. The van der Waals surface area contributed by atoms with Crippen molar-refractivity contribution in [3.8, 4) is 0 Å². The molecular formula is C15H13ClN2O3. The highest BCUT2D eigenvalue weighted by Gasteiger charge is 2.10. The van der Waals surface area contributed by atoms with Gasteiger partial charge in [-0.3, -0.25) is 9.78 Å². The average molecular weight is 305 g/mol. The average Bonchev–Trinajstić information content (AvgIpc) is 2.45. The summed E-state index contributed by atoms with van der Waals surface area (Å²) in [6, 6.07) is 9.99. The highest BCUT2D eigenvalue weighted by atomic mass is 35.5. The van der Waals surface area contributed by atoms with E-state index in [1.807, 2.05) is 6.92 Å². The van der Waals surface area contributed by atoms with Gasteiger partial charge in [0.25, 0.3) is 5.91 Å².